The number of nitrogens with zero attached hydrogens (tertiary/aromatic N) is 1. The van der Waals surface area contributed by atoms with Gasteiger partial charge in [0.1, 0.15) is 12.0 Å². The highest BCUT2D eigenvalue weighted by molar-refractivity contribution is 6.65. The molecule has 0 saturated heterocycles. The number of halogens is 1. The molecule has 0 aromatic rings. The summed E-state index contributed by atoms with van der Waals surface area (Å²) >= 11 is 5.70. The third-order valence-corrected chi connectivity index (χ3v) is 2.21. The van der Waals surface area contributed by atoms with Crippen molar-refractivity contribution < 1.29 is 0 Å². The average Bonchev–Trinajstić information content (AvgIpc) is 2.83. The first-order valence-electron chi connectivity index (χ1n) is 4.19. The topological polar surface area (TPSA) is 88.5 Å². The Bertz CT molecular complexity index is 281. The van der Waals surface area contributed by atoms with Crippen molar-refractivity contribution in [2.45, 2.75) is 25.0 Å². The number of amidine groups is 1. The quantitative estimate of drug-likeness (QED) is 0.447. The van der Waals surface area contributed by atoms with Crippen LogP contribution < -0.4 is 22.1 Å². The van der Waals surface area contributed by atoms with E-state index in [1.165, 1.54) is 12.8 Å². The lowest BCUT2D eigenvalue weighted by molar-refractivity contribution is 0.678. The first-order chi connectivity index (χ1) is 6.16. The van der Waals surface area contributed by atoms with E-state index in [9.17, 15) is 0 Å². The molecule has 1 unspecified atom stereocenters. The van der Waals surface area contributed by atoms with E-state index in [2.05, 4.69) is 15.6 Å². The highest BCUT2D eigenvalue weighted by Gasteiger charge is 2.26. The summed E-state index contributed by atoms with van der Waals surface area (Å²) in [6.45, 7) is 0. The van der Waals surface area contributed by atoms with Gasteiger partial charge in [-0.05, 0) is 24.4 Å². The highest BCUT2D eigenvalue weighted by atomic mass is 35.5. The van der Waals surface area contributed by atoms with Crippen LogP contribution in [0.2, 0.25) is 0 Å². The fourth-order valence-corrected chi connectivity index (χ4v) is 1.30. The predicted molar refractivity (Wildman–Crippen MR) is 51.8 cm³/mol. The third kappa shape index (κ3) is 1.87. The summed E-state index contributed by atoms with van der Waals surface area (Å²) in [6.07, 6.45) is 1.81. The molecule has 2 aliphatic rings. The van der Waals surface area contributed by atoms with E-state index in [1.54, 1.807) is 0 Å². The maximum atomic E-state index is 5.72. The van der Waals surface area contributed by atoms with E-state index in [4.69, 9.17) is 23.1 Å². The van der Waals surface area contributed by atoms with Crippen LogP contribution in [0.15, 0.2) is 16.5 Å². The van der Waals surface area contributed by atoms with Crippen LogP contribution >= 0.6 is 11.6 Å². The van der Waals surface area contributed by atoms with Crippen molar-refractivity contribution in [3.05, 3.63) is 11.5 Å². The Labute approximate surface area is 81.2 Å². The molecule has 1 heterocycles. The van der Waals surface area contributed by atoms with Gasteiger partial charge >= 0.3 is 0 Å². The molecule has 1 saturated carbocycles. The maximum Gasteiger partial charge on any atom is 0.198 e. The maximum absolute atomic E-state index is 5.72. The summed E-state index contributed by atoms with van der Waals surface area (Å²) in [4.78, 5) is 3.87. The van der Waals surface area contributed by atoms with E-state index in [0.717, 1.165) is 0 Å². The fraction of sp³-hybridized carbons (Fsp3) is 0.571. The molecule has 0 bridgehead atoms. The van der Waals surface area contributed by atoms with E-state index in [1.807, 2.05) is 0 Å². The molecule has 0 radical (unpaired) electrons. The minimum atomic E-state index is -0.532. The molecule has 1 aliphatic carbocycles. The van der Waals surface area contributed by atoms with Crippen LogP contribution in [-0.4, -0.2) is 17.5 Å². The molecule has 1 atom stereocenters. The molecular formula is C7H12ClN5. The van der Waals surface area contributed by atoms with Gasteiger partial charge in [0.25, 0.3) is 0 Å². The fourth-order valence-electron chi connectivity index (χ4n) is 1.10. The number of nitrogens with one attached hydrogen (secondary N) is 2. The second-order valence-corrected chi connectivity index (χ2v) is 3.60. The van der Waals surface area contributed by atoms with Gasteiger partial charge in [-0.3, -0.25) is 0 Å². The molecule has 0 spiro atoms. The highest BCUT2D eigenvalue weighted by Crippen LogP contribution is 2.21. The number of hydrogen-bond acceptors (Lipinski definition) is 5. The van der Waals surface area contributed by atoms with Crippen molar-refractivity contribution in [1.82, 2.24) is 10.6 Å². The van der Waals surface area contributed by atoms with E-state index in [-0.39, 0.29) is 5.29 Å². The standard InChI is InChI=1S/C7H12ClN5/c8-7-12-5(10)4(9)6(13-7)11-3-1-2-3/h3,5,11H,1-2,9-10H2,(H,12,13). The summed E-state index contributed by atoms with van der Waals surface area (Å²) in [7, 11) is 0. The Hall–Kier alpha value is -0.940. The Morgan fingerprint density at radius 3 is 2.85 bits per heavy atom. The zero-order valence-corrected chi connectivity index (χ0v) is 7.80. The summed E-state index contributed by atoms with van der Waals surface area (Å²) in [6, 6.07) is 0.510. The van der Waals surface area contributed by atoms with Crippen molar-refractivity contribution >= 4 is 16.9 Å². The van der Waals surface area contributed by atoms with Crippen LogP contribution in [0.25, 0.3) is 0 Å². The summed E-state index contributed by atoms with van der Waals surface area (Å²) in [5.41, 5.74) is 11.9. The lowest BCUT2D eigenvalue weighted by atomic mass is 10.3. The largest absolute Gasteiger partial charge is 0.396 e. The lowest BCUT2D eigenvalue weighted by Crippen LogP contribution is -2.43. The smallest absolute Gasteiger partial charge is 0.198 e. The van der Waals surface area contributed by atoms with Gasteiger partial charge in [-0.15, -0.1) is 0 Å². The molecule has 0 aromatic heterocycles. The number of hydrogen-bond donors (Lipinski definition) is 4. The molecule has 2 rings (SSSR count). The Morgan fingerprint density at radius 2 is 2.23 bits per heavy atom. The number of rotatable bonds is 2. The summed E-state index contributed by atoms with van der Waals surface area (Å²) in [5, 5.41) is 6.33. The monoisotopic (exact) mass is 201 g/mol. The van der Waals surface area contributed by atoms with Gasteiger partial charge in [0.15, 0.2) is 5.29 Å². The Balaban J connectivity index is 2.09. The predicted octanol–water partition coefficient (Wildman–Crippen LogP) is -0.651. The molecule has 6 N–H and O–H groups in total. The van der Waals surface area contributed by atoms with E-state index < -0.39 is 6.17 Å². The van der Waals surface area contributed by atoms with E-state index >= 15 is 0 Å². The first-order valence-corrected chi connectivity index (χ1v) is 4.56. The van der Waals surface area contributed by atoms with Gasteiger partial charge in [-0.25, -0.2) is 4.99 Å². The molecule has 1 aliphatic heterocycles. The normalized spacial score (nSPS) is 28.2. The van der Waals surface area contributed by atoms with Crippen LogP contribution in [0.5, 0.6) is 0 Å². The van der Waals surface area contributed by atoms with Crippen molar-refractivity contribution in [3.8, 4) is 0 Å². The number of nitrogens with two attached hydrogens (primary N) is 2. The van der Waals surface area contributed by atoms with Crippen molar-refractivity contribution in [2.75, 3.05) is 0 Å². The first kappa shape index (κ1) is 8.65. The van der Waals surface area contributed by atoms with Crippen molar-refractivity contribution in [2.24, 2.45) is 16.5 Å². The number of aliphatic imine (C=N–C) groups is 1. The molecule has 0 amide bonds. The van der Waals surface area contributed by atoms with Crippen molar-refractivity contribution in [1.29, 1.82) is 0 Å². The van der Waals surface area contributed by atoms with Crippen LogP contribution in [0.1, 0.15) is 12.8 Å². The van der Waals surface area contributed by atoms with Gasteiger partial charge in [0.05, 0.1) is 5.70 Å². The molecule has 0 aromatic carbocycles. The van der Waals surface area contributed by atoms with Gasteiger partial charge in [-0.1, -0.05) is 0 Å². The van der Waals surface area contributed by atoms with Crippen molar-refractivity contribution in [3.63, 3.8) is 0 Å². The van der Waals surface area contributed by atoms with E-state index in [0.29, 0.717) is 17.6 Å². The van der Waals surface area contributed by atoms with Crippen LogP contribution in [0.3, 0.4) is 0 Å². The minimum absolute atomic E-state index is 0.282. The van der Waals surface area contributed by atoms with Crippen LogP contribution in [0.4, 0.5) is 0 Å². The Kier molecular flexibility index (Phi) is 2.05. The molecular weight excluding hydrogens is 190 g/mol. The minimum Gasteiger partial charge on any atom is -0.396 e. The van der Waals surface area contributed by atoms with Gasteiger partial charge < -0.3 is 22.1 Å². The second-order valence-electron chi connectivity index (χ2n) is 3.24. The molecule has 5 nitrogen and oxygen atoms in total. The average molecular weight is 202 g/mol. The van der Waals surface area contributed by atoms with Gasteiger partial charge in [0.2, 0.25) is 0 Å². The second kappa shape index (κ2) is 3.08. The SMILES string of the molecule is NC1=C(NC2CC2)NC(Cl)=NC1N. The third-order valence-electron chi connectivity index (χ3n) is 2.01. The zero-order chi connectivity index (χ0) is 9.42. The molecule has 13 heavy (non-hydrogen) atoms. The van der Waals surface area contributed by atoms with Gasteiger partial charge in [0, 0.05) is 6.04 Å². The summed E-state index contributed by atoms with van der Waals surface area (Å²) < 4.78 is 0. The Morgan fingerprint density at radius 1 is 1.54 bits per heavy atom. The summed E-state index contributed by atoms with van der Waals surface area (Å²) in [5.74, 6) is 0.704. The van der Waals surface area contributed by atoms with Crippen LogP contribution in [0, 0.1) is 0 Å². The van der Waals surface area contributed by atoms with Crippen LogP contribution in [-0.2, 0) is 0 Å². The lowest BCUT2D eigenvalue weighted by Gasteiger charge is -2.21. The molecule has 1 fully saturated rings. The zero-order valence-electron chi connectivity index (χ0n) is 7.05. The molecule has 72 valence electrons. The van der Waals surface area contributed by atoms with Gasteiger partial charge in [-0.2, -0.15) is 0 Å². The molecule has 6 heteroatoms.